The predicted octanol–water partition coefficient (Wildman–Crippen LogP) is 2.50. The van der Waals surface area contributed by atoms with Crippen LogP contribution < -0.4 is 20.9 Å². The van der Waals surface area contributed by atoms with Crippen molar-refractivity contribution < 1.29 is 32.6 Å². The molecular formula is C21H27ClN3O9P. The maximum atomic E-state index is 13.6. The Labute approximate surface area is 206 Å². The van der Waals surface area contributed by atoms with E-state index in [2.05, 4.69) is 10.1 Å². The average molecular weight is 532 g/mol. The molecule has 0 aliphatic carbocycles. The van der Waals surface area contributed by atoms with Crippen LogP contribution in [0.2, 0.25) is 5.02 Å². The number of para-hydroxylation sites is 1. The van der Waals surface area contributed by atoms with Gasteiger partial charge in [0.05, 0.1) is 17.7 Å². The number of nitrogens with zero attached hydrogens (tertiary/aromatic N) is 1. The van der Waals surface area contributed by atoms with Crippen molar-refractivity contribution in [3.8, 4) is 5.75 Å². The summed E-state index contributed by atoms with van der Waals surface area (Å²) < 4.78 is 42.1. The molecule has 0 radical (unpaired) electrons. The average Bonchev–Trinajstić information content (AvgIpc) is 3.25. The van der Waals surface area contributed by atoms with Crippen LogP contribution in [0.5, 0.6) is 5.75 Å². The smallest absolute Gasteiger partial charge is 0.459 e. The number of aryl methyl sites for hydroxylation is 1. The van der Waals surface area contributed by atoms with Crippen molar-refractivity contribution in [2.75, 3.05) is 13.2 Å². The number of aromatic amines is 1. The SMILES string of the molecule is Cc1cn([C@H]2CO[C@@H](COP(=O)(NC(C)C(=O)OC(C)C)Oc3ccccc3Cl)O2)c(=O)[nH]c1=O. The third-order valence-corrected chi connectivity index (χ3v) is 6.62. The monoisotopic (exact) mass is 531 g/mol. The van der Waals surface area contributed by atoms with Gasteiger partial charge in [0.2, 0.25) is 0 Å². The van der Waals surface area contributed by atoms with Gasteiger partial charge in [0.1, 0.15) is 18.4 Å². The van der Waals surface area contributed by atoms with Crippen LogP contribution in [0.1, 0.15) is 32.6 Å². The summed E-state index contributed by atoms with van der Waals surface area (Å²) in [5.74, 6) is -0.594. The van der Waals surface area contributed by atoms with E-state index in [4.69, 9.17) is 34.9 Å². The zero-order valence-electron chi connectivity index (χ0n) is 19.6. The van der Waals surface area contributed by atoms with Crippen LogP contribution >= 0.6 is 19.3 Å². The molecule has 192 valence electrons. The summed E-state index contributed by atoms with van der Waals surface area (Å²) in [7, 11) is -4.20. The first-order valence-electron chi connectivity index (χ1n) is 10.7. The van der Waals surface area contributed by atoms with Crippen molar-refractivity contribution in [1.82, 2.24) is 14.6 Å². The van der Waals surface area contributed by atoms with Gasteiger partial charge in [-0.05, 0) is 39.8 Å². The van der Waals surface area contributed by atoms with E-state index in [0.29, 0.717) is 5.56 Å². The molecule has 0 saturated carbocycles. The summed E-state index contributed by atoms with van der Waals surface area (Å²) >= 11 is 6.12. The highest BCUT2D eigenvalue weighted by Gasteiger charge is 2.36. The normalized spacial score (nSPS) is 20.4. The van der Waals surface area contributed by atoms with E-state index in [1.807, 2.05) is 0 Å². The van der Waals surface area contributed by atoms with Gasteiger partial charge in [-0.3, -0.25) is 23.7 Å². The zero-order valence-corrected chi connectivity index (χ0v) is 21.2. The minimum Gasteiger partial charge on any atom is -0.462 e. The highest BCUT2D eigenvalue weighted by Crippen LogP contribution is 2.47. The molecule has 2 aromatic rings. The number of rotatable bonds is 10. The molecule has 14 heteroatoms. The predicted molar refractivity (Wildman–Crippen MR) is 125 cm³/mol. The van der Waals surface area contributed by atoms with E-state index in [1.54, 1.807) is 32.9 Å². The number of esters is 1. The molecule has 1 fully saturated rings. The molecule has 1 saturated heterocycles. The van der Waals surface area contributed by atoms with Gasteiger partial charge in [0.15, 0.2) is 12.5 Å². The molecule has 2 N–H and O–H groups in total. The first-order valence-corrected chi connectivity index (χ1v) is 12.7. The Kier molecular flexibility index (Phi) is 8.92. The topological polar surface area (TPSA) is 147 Å². The molecular weight excluding hydrogens is 505 g/mol. The van der Waals surface area contributed by atoms with Gasteiger partial charge in [-0.2, -0.15) is 5.09 Å². The molecule has 1 aromatic heterocycles. The van der Waals surface area contributed by atoms with Gasteiger partial charge in [-0.15, -0.1) is 0 Å². The lowest BCUT2D eigenvalue weighted by Crippen LogP contribution is -2.37. The third-order valence-electron chi connectivity index (χ3n) is 4.68. The molecule has 4 atom stereocenters. The zero-order chi connectivity index (χ0) is 25.8. The molecule has 0 spiro atoms. The Balaban J connectivity index is 1.72. The van der Waals surface area contributed by atoms with Crippen molar-refractivity contribution in [2.45, 2.75) is 52.4 Å². The van der Waals surface area contributed by atoms with Crippen LogP contribution in [0.3, 0.4) is 0 Å². The fourth-order valence-electron chi connectivity index (χ4n) is 3.00. The van der Waals surface area contributed by atoms with Gasteiger partial charge < -0.3 is 18.7 Å². The van der Waals surface area contributed by atoms with Crippen molar-refractivity contribution in [2.24, 2.45) is 0 Å². The fourth-order valence-corrected chi connectivity index (χ4v) is 4.72. The maximum absolute atomic E-state index is 13.6. The molecule has 12 nitrogen and oxygen atoms in total. The van der Waals surface area contributed by atoms with Gasteiger partial charge in [0.25, 0.3) is 5.56 Å². The van der Waals surface area contributed by atoms with Crippen LogP contribution in [0.25, 0.3) is 0 Å². The number of benzene rings is 1. The van der Waals surface area contributed by atoms with Gasteiger partial charge >= 0.3 is 19.4 Å². The molecule has 1 aliphatic heterocycles. The first-order chi connectivity index (χ1) is 16.5. The second kappa shape index (κ2) is 11.5. The number of halogens is 1. The van der Waals surface area contributed by atoms with Gasteiger partial charge in [-0.1, -0.05) is 23.7 Å². The van der Waals surface area contributed by atoms with E-state index < -0.39 is 43.5 Å². The van der Waals surface area contributed by atoms with Gasteiger partial charge in [-0.25, -0.2) is 9.36 Å². The lowest BCUT2D eigenvalue weighted by atomic mass is 10.3. The number of aromatic nitrogens is 2. The number of carbonyl (C=O) groups excluding carboxylic acids is 1. The molecule has 1 aromatic carbocycles. The number of ether oxygens (including phenoxy) is 3. The van der Waals surface area contributed by atoms with E-state index >= 15 is 0 Å². The summed E-state index contributed by atoms with van der Waals surface area (Å²) in [6, 6.07) is 5.26. The molecule has 35 heavy (non-hydrogen) atoms. The minimum absolute atomic E-state index is 0.0281. The number of hydrogen-bond acceptors (Lipinski definition) is 9. The fraction of sp³-hybridized carbons (Fsp3) is 0.476. The minimum atomic E-state index is -4.20. The summed E-state index contributed by atoms with van der Waals surface area (Å²) in [5, 5.41) is 2.71. The lowest BCUT2D eigenvalue weighted by molar-refractivity contribution is -0.149. The largest absolute Gasteiger partial charge is 0.462 e. The number of hydrogen-bond donors (Lipinski definition) is 2. The van der Waals surface area contributed by atoms with E-state index in [9.17, 15) is 18.9 Å². The van der Waals surface area contributed by atoms with Crippen molar-refractivity contribution in [1.29, 1.82) is 0 Å². The first kappa shape index (κ1) is 27.1. The molecule has 2 unspecified atom stereocenters. The number of H-pyrrole nitrogens is 1. The third kappa shape index (κ3) is 7.26. The van der Waals surface area contributed by atoms with Gasteiger partial charge in [0, 0.05) is 11.8 Å². The number of carbonyl (C=O) groups is 1. The van der Waals surface area contributed by atoms with E-state index in [-0.39, 0.29) is 30.1 Å². The number of nitrogens with one attached hydrogen (secondary N) is 2. The Bertz CT molecular complexity index is 1220. The van der Waals surface area contributed by atoms with E-state index in [1.165, 1.54) is 29.8 Å². The second-order valence-corrected chi connectivity index (χ2v) is 10.1. The summed E-state index contributed by atoms with van der Waals surface area (Å²) in [4.78, 5) is 38.1. The van der Waals surface area contributed by atoms with Crippen molar-refractivity contribution in [3.05, 3.63) is 61.9 Å². The Morgan fingerprint density at radius 2 is 2.03 bits per heavy atom. The van der Waals surface area contributed by atoms with Crippen LogP contribution in [0.4, 0.5) is 0 Å². The highest BCUT2D eigenvalue weighted by molar-refractivity contribution is 7.52. The molecule has 1 aliphatic rings. The van der Waals surface area contributed by atoms with E-state index in [0.717, 1.165) is 0 Å². The van der Waals surface area contributed by atoms with Crippen molar-refractivity contribution in [3.63, 3.8) is 0 Å². The van der Waals surface area contributed by atoms with Crippen LogP contribution in [-0.2, 0) is 28.1 Å². The Morgan fingerprint density at radius 3 is 2.71 bits per heavy atom. The second-order valence-electron chi connectivity index (χ2n) is 7.98. The van der Waals surface area contributed by atoms with Crippen LogP contribution in [0.15, 0.2) is 40.1 Å². The lowest BCUT2D eigenvalue weighted by Gasteiger charge is -2.24. The summed E-state index contributed by atoms with van der Waals surface area (Å²) in [5.41, 5.74) is -0.849. The Hall–Kier alpha value is -2.47. The molecule has 0 bridgehead atoms. The standard InChI is InChI=1S/C21H27ClN3O9P/c1-12(2)32-20(27)14(4)24-35(29,34-16-8-6-5-7-15(16)22)31-11-18-30-10-17(33-18)25-9-13(3)19(26)23-21(25)28/h5-9,12,14,17-18H,10-11H2,1-4H3,(H,24,29)(H,23,26,28)/t14?,17-,18-,35?/m1/s1. The Morgan fingerprint density at radius 1 is 1.31 bits per heavy atom. The van der Waals surface area contributed by atoms with Crippen LogP contribution in [-0.4, -0.2) is 47.2 Å². The quantitative estimate of drug-likeness (QED) is 0.346. The molecule has 0 amide bonds. The summed E-state index contributed by atoms with van der Waals surface area (Å²) in [6.45, 7) is 5.95. The summed E-state index contributed by atoms with van der Waals surface area (Å²) in [6.07, 6.45) is -0.896. The molecule has 3 rings (SSSR count). The van der Waals surface area contributed by atoms with Crippen LogP contribution in [0, 0.1) is 6.92 Å². The maximum Gasteiger partial charge on any atom is 0.459 e. The van der Waals surface area contributed by atoms with Crippen molar-refractivity contribution >= 4 is 25.3 Å². The molecule has 2 heterocycles. The highest BCUT2D eigenvalue weighted by atomic mass is 35.5.